The number of ether oxygens (including phenoxy) is 2. The second-order valence-electron chi connectivity index (χ2n) is 13.4. The molecule has 0 amide bonds. The van der Waals surface area contributed by atoms with Crippen molar-refractivity contribution < 1.29 is 29.0 Å². The fourth-order valence-corrected chi connectivity index (χ4v) is 8.63. The van der Waals surface area contributed by atoms with Gasteiger partial charge in [-0.05, 0) is 58.3 Å². The number of hydrogen-bond acceptors (Lipinski definition) is 6. The van der Waals surface area contributed by atoms with Crippen LogP contribution in [0.15, 0.2) is 36.1 Å². The van der Waals surface area contributed by atoms with E-state index in [1.807, 2.05) is 20.8 Å². The maximum Gasteiger partial charge on any atom is 0.217 e. The van der Waals surface area contributed by atoms with Crippen molar-refractivity contribution in [2.45, 2.75) is 97.6 Å². The molecule has 1 saturated heterocycles. The van der Waals surface area contributed by atoms with Gasteiger partial charge in [-0.3, -0.25) is 14.4 Å². The Morgan fingerprint density at radius 3 is 2.36 bits per heavy atom. The molecule has 2 heterocycles. The number of carbonyl (C=O) groups excluding carboxylic acids is 3. The number of carbonyl (C=O) groups is 3. The zero-order valence-corrected chi connectivity index (χ0v) is 22.5. The average molecular weight is 497 g/mol. The predicted octanol–water partition coefficient (Wildman–Crippen LogP) is 4.86. The minimum Gasteiger partial charge on any atom is -0.467 e. The van der Waals surface area contributed by atoms with E-state index in [9.17, 15) is 19.5 Å². The molecule has 0 aromatic rings. The number of hydrogen-bond donors (Lipinski definition) is 1. The Bertz CT molecular complexity index is 1130. The van der Waals surface area contributed by atoms with E-state index in [0.717, 1.165) is 18.4 Å². The number of allylic oxidation sites excluding steroid dienone is 2. The highest BCUT2D eigenvalue weighted by molar-refractivity contribution is 6.11. The Kier molecular flexibility index (Phi) is 5.33. The molecule has 5 aliphatic rings. The summed E-state index contributed by atoms with van der Waals surface area (Å²) >= 11 is 0. The van der Waals surface area contributed by atoms with Crippen molar-refractivity contribution in [1.82, 2.24) is 0 Å². The first-order chi connectivity index (χ1) is 16.5. The first kappa shape index (κ1) is 25.6. The third kappa shape index (κ3) is 3.06. The van der Waals surface area contributed by atoms with Crippen molar-refractivity contribution in [1.29, 1.82) is 0 Å². The second kappa shape index (κ2) is 7.50. The molecule has 0 spiro atoms. The van der Waals surface area contributed by atoms with Crippen LogP contribution in [0.2, 0.25) is 0 Å². The summed E-state index contributed by atoms with van der Waals surface area (Å²) in [7, 11) is 0. The molecule has 3 fully saturated rings. The van der Waals surface area contributed by atoms with Gasteiger partial charge in [-0.15, -0.1) is 6.58 Å². The Labute approximate surface area is 214 Å². The van der Waals surface area contributed by atoms with Crippen LogP contribution in [0.3, 0.4) is 0 Å². The first-order valence-corrected chi connectivity index (χ1v) is 13.3. The van der Waals surface area contributed by atoms with Crippen molar-refractivity contribution in [3.05, 3.63) is 36.1 Å². The standard InChI is InChI=1S/C30H40O6/c1-9-26(4)15-19(32)22-23(21(26)16(2)3)35-25-29(22,7)24(33)30(8,36-25)17-13-20-27(5,14-18(17)31)11-10-12-28(20,6)34/h9,17,20-21,25,34H,1-2,10-15H2,3-8H3/t17-,20+,21+,25+,26+,27+,28-,29-,30-/m1/s1. The lowest BCUT2D eigenvalue weighted by Crippen LogP contribution is -2.58. The molecule has 0 unspecified atom stereocenters. The molecule has 36 heavy (non-hydrogen) atoms. The van der Waals surface area contributed by atoms with Crippen LogP contribution >= 0.6 is 0 Å². The molecule has 0 aromatic heterocycles. The quantitative estimate of drug-likeness (QED) is 0.562. The summed E-state index contributed by atoms with van der Waals surface area (Å²) in [6.07, 6.45) is 4.14. The molecule has 0 radical (unpaired) electrons. The Morgan fingerprint density at radius 2 is 1.75 bits per heavy atom. The summed E-state index contributed by atoms with van der Waals surface area (Å²) in [5.74, 6) is -1.07. The average Bonchev–Trinajstić information content (AvgIpc) is 3.13. The minimum absolute atomic E-state index is 0.00547. The number of Topliss-reactive ketones (excluding diaryl/α,β-unsaturated/α-hetero) is 3. The van der Waals surface area contributed by atoms with E-state index in [2.05, 4.69) is 20.1 Å². The highest BCUT2D eigenvalue weighted by Crippen LogP contribution is 2.63. The topological polar surface area (TPSA) is 89.9 Å². The van der Waals surface area contributed by atoms with Gasteiger partial charge in [0, 0.05) is 24.2 Å². The largest absolute Gasteiger partial charge is 0.467 e. The van der Waals surface area contributed by atoms with E-state index < -0.39 is 34.2 Å². The highest BCUT2D eigenvalue weighted by Gasteiger charge is 2.72. The molecule has 1 N–H and O–H groups in total. The molecule has 3 aliphatic carbocycles. The van der Waals surface area contributed by atoms with Crippen molar-refractivity contribution in [2.75, 3.05) is 0 Å². The van der Waals surface area contributed by atoms with Crippen LogP contribution in [-0.2, 0) is 23.9 Å². The number of rotatable bonds is 3. The molecule has 9 atom stereocenters. The molecule has 2 saturated carbocycles. The summed E-state index contributed by atoms with van der Waals surface area (Å²) in [4.78, 5) is 41.5. The van der Waals surface area contributed by atoms with Gasteiger partial charge in [0.25, 0.3) is 0 Å². The van der Waals surface area contributed by atoms with Crippen molar-refractivity contribution >= 4 is 17.3 Å². The van der Waals surface area contributed by atoms with Gasteiger partial charge in [0.05, 0.1) is 17.1 Å². The van der Waals surface area contributed by atoms with E-state index in [0.29, 0.717) is 30.6 Å². The van der Waals surface area contributed by atoms with Gasteiger partial charge in [0.2, 0.25) is 6.29 Å². The van der Waals surface area contributed by atoms with Crippen LogP contribution in [0.1, 0.15) is 80.1 Å². The SMILES string of the molecule is C=C[C@@]1(C)CC(=O)C2=C(O[C@H]3O[C@](C)([C@@H]4C[C@H]5[C@@](C)(CCC[C@@]5(C)O)CC4=O)C(=O)[C@@]23C)[C@@H]1C(=C)C. The fraction of sp³-hybridized carbons (Fsp3) is 0.700. The third-order valence-electron chi connectivity index (χ3n) is 10.6. The highest BCUT2D eigenvalue weighted by atomic mass is 16.7. The van der Waals surface area contributed by atoms with Gasteiger partial charge in [0.1, 0.15) is 22.6 Å². The van der Waals surface area contributed by atoms with Gasteiger partial charge < -0.3 is 14.6 Å². The second-order valence-corrected chi connectivity index (χ2v) is 13.4. The molecule has 2 aliphatic heterocycles. The Morgan fingerprint density at radius 1 is 1.08 bits per heavy atom. The molecule has 6 heteroatoms. The summed E-state index contributed by atoms with van der Waals surface area (Å²) in [5, 5.41) is 11.3. The molecule has 6 nitrogen and oxygen atoms in total. The zero-order valence-electron chi connectivity index (χ0n) is 22.5. The van der Waals surface area contributed by atoms with E-state index in [1.54, 1.807) is 19.9 Å². The summed E-state index contributed by atoms with van der Waals surface area (Å²) in [6.45, 7) is 19.3. The minimum atomic E-state index is -1.43. The number of aliphatic hydroxyl groups is 1. The molecule has 0 bridgehead atoms. The monoisotopic (exact) mass is 496 g/mol. The van der Waals surface area contributed by atoms with Gasteiger partial charge in [-0.25, -0.2) is 0 Å². The molecular formula is C30H40O6. The number of fused-ring (bicyclic) bond motifs is 3. The van der Waals surface area contributed by atoms with Crippen LogP contribution in [0, 0.1) is 34.0 Å². The lowest BCUT2D eigenvalue weighted by molar-refractivity contribution is -0.195. The van der Waals surface area contributed by atoms with Crippen molar-refractivity contribution in [3.8, 4) is 0 Å². The van der Waals surface area contributed by atoms with E-state index >= 15 is 0 Å². The summed E-state index contributed by atoms with van der Waals surface area (Å²) in [5.41, 5.74) is -3.29. The van der Waals surface area contributed by atoms with Crippen LogP contribution in [0.5, 0.6) is 0 Å². The maximum atomic E-state index is 14.3. The van der Waals surface area contributed by atoms with Crippen LogP contribution < -0.4 is 0 Å². The summed E-state index contributed by atoms with van der Waals surface area (Å²) in [6, 6.07) is 0. The molecule has 196 valence electrons. The van der Waals surface area contributed by atoms with E-state index in [-0.39, 0.29) is 41.0 Å². The lowest BCUT2D eigenvalue weighted by atomic mass is 9.51. The lowest BCUT2D eigenvalue weighted by Gasteiger charge is -2.55. The predicted molar refractivity (Wildman–Crippen MR) is 135 cm³/mol. The van der Waals surface area contributed by atoms with Crippen LogP contribution in [0.25, 0.3) is 0 Å². The van der Waals surface area contributed by atoms with Crippen molar-refractivity contribution in [3.63, 3.8) is 0 Å². The van der Waals surface area contributed by atoms with Gasteiger partial charge in [-0.2, -0.15) is 0 Å². The first-order valence-electron chi connectivity index (χ1n) is 13.3. The van der Waals surface area contributed by atoms with Crippen LogP contribution in [0.4, 0.5) is 0 Å². The zero-order chi connectivity index (χ0) is 26.6. The fourth-order valence-electron chi connectivity index (χ4n) is 8.63. The molecular weight excluding hydrogens is 456 g/mol. The smallest absolute Gasteiger partial charge is 0.217 e. The van der Waals surface area contributed by atoms with Gasteiger partial charge >= 0.3 is 0 Å². The number of ketones is 3. The normalized spacial score (nSPS) is 50.4. The maximum absolute atomic E-state index is 14.3. The third-order valence-corrected chi connectivity index (χ3v) is 10.6. The summed E-state index contributed by atoms with van der Waals surface area (Å²) < 4.78 is 12.8. The van der Waals surface area contributed by atoms with Crippen LogP contribution in [-0.4, -0.2) is 39.9 Å². The Balaban J connectivity index is 1.55. The van der Waals surface area contributed by atoms with Crippen molar-refractivity contribution in [2.24, 2.45) is 34.0 Å². The van der Waals surface area contributed by atoms with E-state index in [1.165, 1.54) is 0 Å². The van der Waals surface area contributed by atoms with Gasteiger partial charge in [-0.1, -0.05) is 38.5 Å². The molecule has 5 rings (SSSR count). The van der Waals surface area contributed by atoms with Gasteiger partial charge in [0.15, 0.2) is 11.6 Å². The Hall–Kier alpha value is -2.05. The van der Waals surface area contributed by atoms with E-state index in [4.69, 9.17) is 9.47 Å². The molecule has 0 aromatic carbocycles.